The molecule has 0 saturated carbocycles. The van der Waals surface area contributed by atoms with Gasteiger partial charge in [0.05, 0.1) is 36.1 Å². The van der Waals surface area contributed by atoms with Gasteiger partial charge < -0.3 is 9.47 Å². The summed E-state index contributed by atoms with van der Waals surface area (Å²) in [5.41, 5.74) is 2.83. The van der Waals surface area contributed by atoms with Crippen molar-refractivity contribution in [2.45, 2.75) is 19.8 Å². The molecule has 0 fully saturated rings. The second-order valence-electron chi connectivity index (χ2n) is 8.55. The molecule has 0 amide bonds. The van der Waals surface area contributed by atoms with E-state index in [4.69, 9.17) is 21.3 Å². The first-order valence-corrected chi connectivity index (χ1v) is 12.3. The van der Waals surface area contributed by atoms with Crippen LogP contribution in [-0.2, 0) is 11.3 Å². The molecule has 0 radical (unpaired) electrons. The van der Waals surface area contributed by atoms with Gasteiger partial charge in [-0.2, -0.15) is 0 Å². The second-order valence-corrected chi connectivity index (χ2v) is 8.99. The van der Waals surface area contributed by atoms with Crippen molar-refractivity contribution >= 4 is 28.5 Å². The molecule has 3 aromatic carbocycles. The number of nitrogens with zero attached hydrogens (tertiary/aromatic N) is 4. The molecule has 2 aromatic heterocycles. The molecule has 0 aliphatic carbocycles. The van der Waals surface area contributed by atoms with E-state index < -0.39 is 23.9 Å². The summed E-state index contributed by atoms with van der Waals surface area (Å²) < 4.78 is 62.2. The Kier molecular flexibility index (Phi) is 7.40. The van der Waals surface area contributed by atoms with E-state index in [1.54, 1.807) is 25.1 Å². The van der Waals surface area contributed by atoms with E-state index in [1.807, 2.05) is 30.3 Å². The maximum absolute atomic E-state index is 14.3. The Bertz CT molecular complexity index is 1710. The van der Waals surface area contributed by atoms with Crippen LogP contribution in [0, 0.1) is 5.82 Å². The summed E-state index contributed by atoms with van der Waals surface area (Å²) in [6.45, 7) is 1.81. The predicted molar refractivity (Wildman–Crippen MR) is 139 cm³/mol. The summed E-state index contributed by atoms with van der Waals surface area (Å²) in [4.78, 5) is 18.0. The lowest BCUT2D eigenvalue weighted by Gasteiger charge is -2.17. The van der Waals surface area contributed by atoms with Crippen LogP contribution < -0.4 is 4.74 Å². The number of alkyl halides is 3. The minimum Gasteiger partial charge on any atom is -0.462 e. The van der Waals surface area contributed by atoms with Crippen molar-refractivity contribution in [2.24, 2.45) is 0 Å². The Morgan fingerprint density at radius 1 is 1.02 bits per heavy atom. The normalized spacial score (nSPS) is 11.6. The number of esters is 1. The number of pyridine rings is 1. The summed E-state index contributed by atoms with van der Waals surface area (Å²) in [6, 6.07) is 17.4. The number of aromatic nitrogens is 4. The molecule has 7 nitrogen and oxygen atoms in total. The Morgan fingerprint density at radius 2 is 1.80 bits per heavy atom. The van der Waals surface area contributed by atoms with Gasteiger partial charge in [0.2, 0.25) is 0 Å². The van der Waals surface area contributed by atoms with Crippen molar-refractivity contribution in [3.8, 4) is 28.1 Å². The fourth-order valence-corrected chi connectivity index (χ4v) is 4.43. The molecule has 0 bridgehead atoms. The summed E-state index contributed by atoms with van der Waals surface area (Å²) in [5, 5.41) is 9.20. The van der Waals surface area contributed by atoms with Crippen LogP contribution in [0.3, 0.4) is 0 Å². The number of hydrogen-bond acceptors (Lipinski definition) is 6. The SMILES string of the molecule is CCOC(=O)c1c(Cn2cc(-c3ccc(OC(F)(F)F)c(F)c3)nn2)nc2ccc(Cl)cc2c1-c1ccccc1. The van der Waals surface area contributed by atoms with Crippen LogP contribution in [0.4, 0.5) is 17.6 Å². The van der Waals surface area contributed by atoms with Gasteiger partial charge in [-0.05, 0) is 48.9 Å². The van der Waals surface area contributed by atoms with Gasteiger partial charge in [-0.25, -0.2) is 18.9 Å². The van der Waals surface area contributed by atoms with Gasteiger partial charge in [0.25, 0.3) is 0 Å². The fourth-order valence-electron chi connectivity index (χ4n) is 4.26. The lowest BCUT2D eigenvalue weighted by atomic mass is 9.94. The lowest BCUT2D eigenvalue weighted by molar-refractivity contribution is -0.275. The molecule has 5 aromatic rings. The van der Waals surface area contributed by atoms with Gasteiger partial charge in [0.1, 0.15) is 5.69 Å². The van der Waals surface area contributed by atoms with E-state index in [9.17, 15) is 22.4 Å². The summed E-state index contributed by atoms with van der Waals surface area (Å²) >= 11 is 6.30. The van der Waals surface area contributed by atoms with Gasteiger partial charge in [-0.3, -0.25) is 0 Å². The molecular formula is C28H19ClF4N4O3. The van der Waals surface area contributed by atoms with Crippen LogP contribution in [0.2, 0.25) is 5.02 Å². The fraction of sp³-hybridized carbons (Fsp3) is 0.143. The molecule has 0 spiro atoms. The molecule has 0 atom stereocenters. The van der Waals surface area contributed by atoms with E-state index in [1.165, 1.54) is 16.9 Å². The van der Waals surface area contributed by atoms with Crippen LogP contribution in [-0.4, -0.2) is 38.9 Å². The van der Waals surface area contributed by atoms with Crippen molar-refractivity contribution in [1.82, 2.24) is 20.0 Å². The highest BCUT2D eigenvalue weighted by Crippen LogP contribution is 2.36. The minimum atomic E-state index is -5.03. The number of benzene rings is 3. The number of carbonyl (C=O) groups is 1. The second kappa shape index (κ2) is 10.9. The Balaban J connectivity index is 1.58. The maximum atomic E-state index is 14.3. The number of halogens is 5. The zero-order chi connectivity index (χ0) is 28.4. The van der Waals surface area contributed by atoms with E-state index >= 15 is 0 Å². The Hall–Kier alpha value is -4.51. The minimum absolute atomic E-state index is 0.0166. The highest BCUT2D eigenvalue weighted by atomic mass is 35.5. The number of ether oxygens (including phenoxy) is 2. The molecule has 2 heterocycles. The standard InChI is InChI=1S/C28H19ClF4N4O3/c1-2-39-27(38)26-23(34-21-10-9-18(29)13-19(21)25(26)16-6-4-3-5-7-16)15-37-14-22(35-36-37)17-8-11-24(20(30)12-17)40-28(31,32)33/h3-14H,2,15H2,1H3. The zero-order valence-corrected chi connectivity index (χ0v) is 21.5. The molecule has 204 valence electrons. The maximum Gasteiger partial charge on any atom is 0.573 e. The number of hydrogen-bond donors (Lipinski definition) is 0. The molecule has 0 aliphatic rings. The Labute approximate surface area is 229 Å². The average Bonchev–Trinajstić information content (AvgIpc) is 3.37. The summed E-state index contributed by atoms with van der Waals surface area (Å²) in [7, 11) is 0. The van der Waals surface area contributed by atoms with Crippen molar-refractivity contribution in [1.29, 1.82) is 0 Å². The molecular weight excluding hydrogens is 552 g/mol. The van der Waals surface area contributed by atoms with Crippen molar-refractivity contribution in [2.75, 3.05) is 6.61 Å². The largest absolute Gasteiger partial charge is 0.573 e. The molecule has 0 unspecified atom stereocenters. The van der Waals surface area contributed by atoms with Crippen LogP contribution in [0.1, 0.15) is 23.0 Å². The van der Waals surface area contributed by atoms with E-state index in [2.05, 4.69) is 15.0 Å². The first-order chi connectivity index (χ1) is 19.1. The zero-order valence-electron chi connectivity index (χ0n) is 20.7. The van der Waals surface area contributed by atoms with Crippen molar-refractivity contribution < 1.29 is 31.8 Å². The molecule has 40 heavy (non-hydrogen) atoms. The highest BCUT2D eigenvalue weighted by Gasteiger charge is 2.32. The van der Waals surface area contributed by atoms with Crippen LogP contribution in [0.5, 0.6) is 5.75 Å². The first-order valence-electron chi connectivity index (χ1n) is 11.9. The number of fused-ring (bicyclic) bond motifs is 1. The van der Waals surface area contributed by atoms with Crippen LogP contribution >= 0.6 is 11.6 Å². The van der Waals surface area contributed by atoms with Gasteiger partial charge in [-0.15, -0.1) is 18.3 Å². The molecule has 0 saturated heterocycles. The van der Waals surface area contributed by atoms with E-state index in [-0.39, 0.29) is 30.0 Å². The lowest BCUT2D eigenvalue weighted by Crippen LogP contribution is -2.17. The monoisotopic (exact) mass is 570 g/mol. The summed E-state index contributed by atoms with van der Waals surface area (Å²) in [5.74, 6) is -2.76. The molecule has 12 heteroatoms. The van der Waals surface area contributed by atoms with Gasteiger partial charge in [-0.1, -0.05) is 47.1 Å². The van der Waals surface area contributed by atoms with E-state index in [0.717, 1.165) is 17.7 Å². The third kappa shape index (κ3) is 5.74. The van der Waals surface area contributed by atoms with Crippen LogP contribution in [0.15, 0.2) is 72.9 Å². The van der Waals surface area contributed by atoms with Crippen LogP contribution in [0.25, 0.3) is 33.3 Å². The molecule has 5 rings (SSSR count). The first kappa shape index (κ1) is 27.1. The number of carbonyl (C=O) groups excluding carboxylic acids is 1. The quantitative estimate of drug-likeness (QED) is 0.154. The van der Waals surface area contributed by atoms with Crippen molar-refractivity contribution in [3.05, 3.63) is 95.0 Å². The summed E-state index contributed by atoms with van der Waals surface area (Å²) in [6.07, 6.45) is -3.57. The smallest absolute Gasteiger partial charge is 0.462 e. The third-order valence-electron chi connectivity index (χ3n) is 5.87. The highest BCUT2D eigenvalue weighted by molar-refractivity contribution is 6.31. The van der Waals surface area contributed by atoms with Crippen molar-refractivity contribution in [3.63, 3.8) is 0 Å². The third-order valence-corrected chi connectivity index (χ3v) is 6.10. The average molecular weight is 571 g/mol. The van der Waals surface area contributed by atoms with Gasteiger partial charge in [0.15, 0.2) is 11.6 Å². The number of rotatable bonds is 7. The van der Waals surface area contributed by atoms with Gasteiger partial charge in [0, 0.05) is 21.5 Å². The van der Waals surface area contributed by atoms with Gasteiger partial charge >= 0.3 is 12.3 Å². The topological polar surface area (TPSA) is 79.1 Å². The molecule has 0 aliphatic heterocycles. The molecule has 0 N–H and O–H groups in total. The van der Waals surface area contributed by atoms with E-state index in [0.29, 0.717) is 27.2 Å². The Morgan fingerprint density at radius 3 is 2.50 bits per heavy atom. The predicted octanol–water partition coefficient (Wildman–Crippen LogP) is 7.08.